The first kappa shape index (κ1) is 13.4. The van der Waals surface area contributed by atoms with Gasteiger partial charge in [-0.15, -0.1) is 0 Å². The van der Waals surface area contributed by atoms with E-state index in [1.54, 1.807) is 0 Å². The fourth-order valence-electron chi connectivity index (χ4n) is 1.43. The molecule has 1 aromatic rings. The van der Waals surface area contributed by atoms with E-state index in [0.29, 0.717) is 6.54 Å². The number of nitrogens with one attached hydrogen (secondary N) is 1. The van der Waals surface area contributed by atoms with Gasteiger partial charge in [0.2, 0.25) is 0 Å². The summed E-state index contributed by atoms with van der Waals surface area (Å²) in [7, 11) is 5.41. The van der Waals surface area contributed by atoms with Gasteiger partial charge in [-0.3, -0.25) is 4.79 Å². The van der Waals surface area contributed by atoms with E-state index in [-0.39, 0.29) is 11.9 Å². The second-order valence-electron chi connectivity index (χ2n) is 4.25. The van der Waals surface area contributed by atoms with Gasteiger partial charge < -0.3 is 15.0 Å². The van der Waals surface area contributed by atoms with Crippen LogP contribution in [0, 0.1) is 5.92 Å². The van der Waals surface area contributed by atoms with Crippen molar-refractivity contribution in [3.8, 4) is 0 Å². The Morgan fingerprint density at radius 2 is 1.94 bits per heavy atom. The van der Waals surface area contributed by atoms with Crippen molar-refractivity contribution in [2.45, 2.75) is 6.92 Å². The molecular formula is C13H20N2O2. The number of hydrogen-bond acceptors (Lipinski definition) is 4. The average molecular weight is 236 g/mol. The summed E-state index contributed by atoms with van der Waals surface area (Å²) in [5.74, 6) is -0.337. The van der Waals surface area contributed by atoms with Crippen molar-refractivity contribution >= 4 is 17.3 Å². The third kappa shape index (κ3) is 3.98. The predicted octanol–water partition coefficient (Wildman–Crippen LogP) is 1.97. The van der Waals surface area contributed by atoms with Crippen LogP contribution in [0.4, 0.5) is 11.4 Å². The van der Waals surface area contributed by atoms with Gasteiger partial charge in [0.15, 0.2) is 0 Å². The molecule has 0 bridgehead atoms. The van der Waals surface area contributed by atoms with Crippen molar-refractivity contribution in [1.82, 2.24) is 0 Å². The lowest BCUT2D eigenvalue weighted by molar-refractivity contribution is -0.144. The van der Waals surface area contributed by atoms with Crippen LogP contribution in [-0.2, 0) is 9.53 Å². The quantitative estimate of drug-likeness (QED) is 0.794. The highest BCUT2D eigenvalue weighted by Gasteiger charge is 2.12. The van der Waals surface area contributed by atoms with Crippen molar-refractivity contribution in [3.05, 3.63) is 24.3 Å². The molecule has 1 atom stereocenters. The molecule has 0 heterocycles. The number of anilines is 2. The van der Waals surface area contributed by atoms with Crippen LogP contribution in [0.3, 0.4) is 0 Å². The normalized spacial score (nSPS) is 11.8. The molecule has 0 aromatic heterocycles. The van der Waals surface area contributed by atoms with Gasteiger partial charge in [0.1, 0.15) is 0 Å². The van der Waals surface area contributed by atoms with E-state index in [0.717, 1.165) is 11.4 Å². The van der Waals surface area contributed by atoms with Crippen molar-refractivity contribution in [1.29, 1.82) is 0 Å². The Morgan fingerprint density at radius 1 is 1.35 bits per heavy atom. The molecule has 4 nitrogen and oxygen atoms in total. The zero-order valence-corrected chi connectivity index (χ0v) is 10.9. The zero-order chi connectivity index (χ0) is 12.8. The molecule has 0 radical (unpaired) electrons. The van der Waals surface area contributed by atoms with Crippen LogP contribution in [0.2, 0.25) is 0 Å². The van der Waals surface area contributed by atoms with Gasteiger partial charge in [-0.25, -0.2) is 0 Å². The van der Waals surface area contributed by atoms with Crippen molar-refractivity contribution in [2.75, 3.05) is 38.0 Å². The first-order chi connectivity index (χ1) is 8.04. The van der Waals surface area contributed by atoms with Crippen LogP contribution in [0.5, 0.6) is 0 Å². The van der Waals surface area contributed by atoms with Crippen LogP contribution in [0.1, 0.15) is 6.92 Å². The van der Waals surface area contributed by atoms with Crippen molar-refractivity contribution in [2.24, 2.45) is 5.92 Å². The number of nitrogens with zero attached hydrogens (tertiary/aromatic N) is 1. The number of carbonyl (C=O) groups is 1. The number of ether oxygens (including phenoxy) is 1. The molecule has 0 aliphatic carbocycles. The number of rotatable bonds is 5. The van der Waals surface area contributed by atoms with E-state index < -0.39 is 0 Å². The van der Waals surface area contributed by atoms with Gasteiger partial charge in [-0.1, -0.05) is 6.92 Å². The topological polar surface area (TPSA) is 41.6 Å². The molecule has 1 N–H and O–H groups in total. The Hall–Kier alpha value is -1.71. The lowest BCUT2D eigenvalue weighted by Crippen LogP contribution is -2.21. The van der Waals surface area contributed by atoms with E-state index in [2.05, 4.69) is 10.1 Å². The highest BCUT2D eigenvalue weighted by Crippen LogP contribution is 2.15. The Morgan fingerprint density at radius 3 is 2.41 bits per heavy atom. The molecule has 0 amide bonds. The van der Waals surface area contributed by atoms with Crippen LogP contribution in [0.25, 0.3) is 0 Å². The standard InChI is InChI=1S/C13H20N2O2/c1-10(13(16)17-4)9-14-11-5-7-12(8-6-11)15(2)3/h5-8,10,14H,9H2,1-4H3. The maximum Gasteiger partial charge on any atom is 0.310 e. The third-order valence-electron chi connectivity index (χ3n) is 2.60. The lowest BCUT2D eigenvalue weighted by atomic mass is 10.2. The molecule has 0 fully saturated rings. The Balaban J connectivity index is 2.50. The first-order valence-corrected chi connectivity index (χ1v) is 5.63. The maximum atomic E-state index is 11.2. The average Bonchev–Trinajstić information content (AvgIpc) is 2.35. The van der Waals surface area contributed by atoms with Gasteiger partial charge in [-0.2, -0.15) is 0 Å². The smallest absolute Gasteiger partial charge is 0.310 e. The summed E-state index contributed by atoms with van der Waals surface area (Å²) in [6, 6.07) is 8.06. The van der Waals surface area contributed by atoms with E-state index in [9.17, 15) is 4.79 Å². The van der Waals surface area contributed by atoms with Crippen LogP contribution in [-0.4, -0.2) is 33.7 Å². The molecule has 1 aromatic carbocycles. The second-order valence-corrected chi connectivity index (χ2v) is 4.25. The number of methoxy groups -OCH3 is 1. The number of esters is 1. The van der Waals surface area contributed by atoms with Gasteiger partial charge >= 0.3 is 5.97 Å². The van der Waals surface area contributed by atoms with E-state index in [4.69, 9.17) is 0 Å². The first-order valence-electron chi connectivity index (χ1n) is 5.63. The number of hydrogen-bond donors (Lipinski definition) is 1. The van der Waals surface area contributed by atoms with Gasteiger partial charge in [0, 0.05) is 32.0 Å². The fraction of sp³-hybridized carbons (Fsp3) is 0.462. The van der Waals surface area contributed by atoms with Crippen LogP contribution < -0.4 is 10.2 Å². The summed E-state index contributed by atoms with van der Waals surface area (Å²) in [6.07, 6.45) is 0. The van der Waals surface area contributed by atoms with E-state index in [1.165, 1.54) is 7.11 Å². The summed E-state index contributed by atoms with van der Waals surface area (Å²) in [4.78, 5) is 13.3. The predicted molar refractivity (Wildman–Crippen MR) is 70.4 cm³/mol. The molecule has 0 aliphatic rings. The minimum Gasteiger partial charge on any atom is -0.469 e. The summed E-state index contributed by atoms with van der Waals surface area (Å²) >= 11 is 0. The summed E-state index contributed by atoms with van der Waals surface area (Å²) in [5.41, 5.74) is 2.16. The van der Waals surface area contributed by atoms with E-state index in [1.807, 2.05) is 50.2 Å². The number of carbonyl (C=O) groups excluding carboxylic acids is 1. The highest BCUT2D eigenvalue weighted by molar-refractivity contribution is 5.72. The molecule has 1 rings (SSSR count). The Kier molecular flexibility index (Phi) is 4.82. The summed E-state index contributed by atoms with van der Waals surface area (Å²) in [5, 5.41) is 3.21. The molecule has 0 spiro atoms. The molecule has 4 heteroatoms. The maximum absolute atomic E-state index is 11.2. The summed E-state index contributed by atoms with van der Waals surface area (Å²) in [6.45, 7) is 2.42. The molecule has 0 saturated heterocycles. The van der Waals surface area contributed by atoms with Crippen LogP contribution in [0.15, 0.2) is 24.3 Å². The van der Waals surface area contributed by atoms with Gasteiger partial charge in [0.25, 0.3) is 0 Å². The number of benzene rings is 1. The molecule has 17 heavy (non-hydrogen) atoms. The second kappa shape index (κ2) is 6.13. The Bertz CT molecular complexity index is 360. The third-order valence-corrected chi connectivity index (χ3v) is 2.60. The highest BCUT2D eigenvalue weighted by atomic mass is 16.5. The SMILES string of the molecule is COC(=O)C(C)CNc1ccc(N(C)C)cc1. The minimum absolute atomic E-state index is 0.145. The minimum atomic E-state index is -0.192. The largest absolute Gasteiger partial charge is 0.469 e. The zero-order valence-electron chi connectivity index (χ0n) is 10.9. The van der Waals surface area contributed by atoms with E-state index >= 15 is 0 Å². The van der Waals surface area contributed by atoms with Gasteiger partial charge in [-0.05, 0) is 24.3 Å². The van der Waals surface area contributed by atoms with Crippen LogP contribution >= 0.6 is 0 Å². The van der Waals surface area contributed by atoms with Crippen molar-refractivity contribution in [3.63, 3.8) is 0 Å². The van der Waals surface area contributed by atoms with Gasteiger partial charge in [0.05, 0.1) is 13.0 Å². The summed E-state index contributed by atoms with van der Waals surface area (Å²) < 4.78 is 4.67. The molecular weight excluding hydrogens is 216 g/mol. The monoisotopic (exact) mass is 236 g/mol. The molecule has 1 unspecified atom stereocenters. The van der Waals surface area contributed by atoms with Crippen molar-refractivity contribution < 1.29 is 9.53 Å². The fourth-order valence-corrected chi connectivity index (χ4v) is 1.43. The Labute approximate surface area is 103 Å². The molecule has 94 valence electrons. The lowest BCUT2D eigenvalue weighted by Gasteiger charge is -2.14. The molecule has 0 saturated carbocycles. The molecule has 0 aliphatic heterocycles.